The molecule has 0 radical (unpaired) electrons. The third kappa shape index (κ3) is 2.25. The molecular formula is C24H24N2O4. The second-order valence-corrected chi connectivity index (χ2v) is 8.03. The summed E-state index contributed by atoms with van der Waals surface area (Å²) in [5, 5.41) is 12.2. The van der Waals surface area contributed by atoms with Crippen molar-refractivity contribution in [1.29, 1.82) is 0 Å². The minimum absolute atomic E-state index is 0.113. The maximum atomic E-state index is 13.6. The molecule has 0 saturated carbocycles. The molecule has 2 aliphatic heterocycles. The van der Waals surface area contributed by atoms with Crippen LogP contribution < -0.4 is 5.56 Å². The van der Waals surface area contributed by atoms with Crippen molar-refractivity contribution in [2.45, 2.75) is 58.3 Å². The summed E-state index contributed by atoms with van der Waals surface area (Å²) in [6.45, 7) is 5.78. The third-order valence-electron chi connectivity index (χ3n) is 6.65. The molecule has 6 heteroatoms. The largest absolute Gasteiger partial charge is 0.458 e. The molecule has 3 aromatic rings. The smallest absolute Gasteiger partial charge is 0.343 e. The Balaban J connectivity index is 1.90. The Hall–Kier alpha value is -2.99. The normalized spacial score (nSPS) is 21.9. The zero-order valence-corrected chi connectivity index (χ0v) is 17.4. The summed E-state index contributed by atoms with van der Waals surface area (Å²) < 4.78 is 6.97. The van der Waals surface area contributed by atoms with Crippen molar-refractivity contribution < 1.29 is 14.6 Å². The van der Waals surface area contributed by atoms with Crippen LogP contribution in [0.5, 0.6) is 0 Å². The summed E-state index contributed by atoms with van der Waals surface area (Å²) in [5.41, 5.74) is 3.29. The predicted octanol–water partition coefficient (Wildman–Crippen LogP) is 3.59. The van der Waals surface area contributed by atoms with Crippen LogP contribution in [-0.2, 0) is 28.2 Å². The van der Waals surface area contributed by atoms with Crippen LogP contribution >= 0.6 is 0 Å². The Bertz CT molecular complexity index is 1280. The molecule has 2 atom stereocenters. The lowest BCUT2D eigenvalue weighted by atomic mass is 9.86. The lowest BCUT2D eigenvalue weighted by Gasteiger charge is -2.32. The van der Waals surface area contributed by atoms with Crippen molar-refractivity contribution in [3.8, 4) is 11.4 Å². The van der Waals surface area contributed by atoms with E-state index in [-0.39, 0.29) is 24.6 Å². The number of para-hydroxylation sites is 1. The second kappa shape index (κ2) is 6.51. The average Bonchev–Trinajstić information content (AvgIpc) is 3.08. The molecule has 6 nitrogen and oxygen atoms in total. The number of hydrogen-bond donors (Lipinski definition) is 1. The van der Waals surface area contributed by atoms with Crippen molar-refractivity contribution >= 4 is 16.9 Å². The molecule has 1 N–H and O–H groups in total. The molecule has 5 rings (SSSR count). The molecular weight excluding hydrogens is 380 g/mol. The van der Waals surface area contributed by atoms with Gasteiger partial charge in [0.15, 0.2) is 5.60 Å². The van der Waals surface area contributed by atoms with Gasteiger partial charge in [0.2, 0.25) is 0 Å². The molecule has 0 amide bonds. The number of rotatable bonds is 3. The van der Waals surface area contributed by atoms with Crippen molar-refractivity contribution in [1.82, 2.24) is 9.55 Å². The first-order chi connectivity index (χ1) is 14.5. The summed E-state index contributed by atoms with van der Waals surface area (Å²) >= 11 is 0. The Kier molecular flexibility index (Phi) is 4.12. The summed E-state index contributed by atoms with van der Waals surface area (Å²) in [4.78, 5) is 30.9. The van der Waals surface area contributed by atoms with Crippen molar-refractivity contribution in [3.63, 3.8) is 0 Å². The van der Waals surface area contributed by atoms with Gasteiger partial charge >= 0.3 is 5.97 Å². The first kappa shape index (κ1) is 19.0. The number of aryl methyl sites for hydroxylation is 1. The maximum Gasteiger partial charge on any atom is 0.343 e. The predicted molar refractivity (Wildman–Crippen MR) is 113 cm³/mol. The number of aliphatic hydroxyl groups is 1. The van der Waals surface area contributed by atoms with Crippen LogP contribution in [0.15, 0.2) is 35.1 Å². The number of cyclic esters (lactones) is 1. The van der Waals surface area contributed by atoms with Crippen molar-refractivity contribution in [3.05, 3.63) is 62.9 Å². The number of hydrogen-bond acceptors (Lipinski definition) is 5. The lowest BCUT2D eigenvalue weighted by molar-refractivity contribution is -0.172. The van der Waals surface area contributed by atoms with Crippen LogP contribution in [0.25, 0.3) is 22.3 Å². The van der Waals surface area contributed by atoms with Gasteiger partial charge < -0.3 is 9.84 Å². The zero-order valence-electron chi connectivity index (χ0n) is 17.4. The van der Waals surface area contributed by atoms with E-state index >= 15 is 0 Å². The highest BCUT2D eigenvalue weighted by atomic mass is 16.6. The highest BCUT2D eigenvalue weighted by molar-refractivity contribution is 5.89. The van der Waals surface area contributed by atoms with Gasteiger partial charge in [0.25, 0.3) is 5.56 Å². The molecule has 0 aliphatic carbocycles. The number of aromatic nitrogens is 2. The third-order valence-corrected chi connectivity index (χ3v) is 6.65. The summed E-state index contributed by atoms with van der Waals surface area (Å²) in [5.74, 6) is -0.701. The van der Waals surface area contributed by atoms with E-state index in [0.29, 0.717) is 16.8 Å². The molecule has 0 fully saturated rings. The topological polar surface area (TPSA) is 81.4 Å². The fourth-order valence-corrected chi connectivity index (χ4v) is 5.11. The van der Waals surface area contributed by atoms with Crippen LogP contribution in [0.2, 0.25) is 0 Å². The number of nitrogens with zero attached hydrogens (tertiary/aromatic N) is 2. The molecule has 30 heavy (non-hydrogen) atoms. The first-order valence-electron chi connectivity index (χ1n) is 10.6. The molecule has 2 aromatic heterocycles. The SMILES string of the molecule is CCc1c2c(nc3ccccc13)-c1cc3c(c(=O)n1C2CC)COC(=O)[C@]3(O)CC. The highest BCUT2D eigenvalue weighted by Crippen LogP contribution is 2.45. The van der Waals surface area contributed by atoms with Gasteiger partial charge in [-0.3, -0.25) is 9.36 Å². The Morgan fingerprint density at radius 3 is 2.70 bits per heavy atom. The number of ether oxygens (including phenoxy) is 1. The van der Waals surface area contributed by atoms with E-state index in [1.165, 1.54) is 5.56 Å². The standard InChI is InChI=1S/C24H24N2O4/c1-4-13-14-9-7-8-10-17(14)25-21-19-11-16-15(12-30-23(28)24(16,29)6-3)22(27)26(19)18(5-2)20(13)21/h7-11,18,29H,4-6,12H2,1-3H3/t18?,24-/m0/s1. The zero-order chi connectivity index (χ0) is 21.2. The number of carbonyl (C=O) groups is 1. The lowest BCUT2D eigenvalue weighted by Crippen LogP contribution is -2.44. The van der Waals surface area contributed by atoms with Crippen LogP contribution in [-0.4, -0.2) is 20.6 Å². The molecule has 0 saturated heterocycles. The van der Waals surface area contributed by atoms with Crippen LogP contribution in [0.1, 0.15) is 61.9 Å². The van der Waals surface area contributed by atoms with Gasteiger partial charge in [0.05, 0.1) is 28.5 Å². The van der Waals surface area contributed by atoms with Gasteiger partial charge in [-0.25, -0.2) is 9.78 Å². The van der Waals surface area contributed by atoms with E-state index < -0.39 is 11.6 Å². The number of benzene rings is 1. The molecule has 2 aliphatic rings. The first-order valence-corrected chi connectivity index (χ1v) is 10.6. The molecule has 0 spiro atoms. The molecule has 154 valence electrons. The fourth-order valence-electron chi connectivity index (χ4n) is 5.11. The molecule has 1 unspecified atom stereocenters. The van der Waals surface area contributed by atoms with E-state index in [0.717, 1.165) is 35.0 Å². The number of pyridine rings is 2. The average molecular weight is 404 g/mol. The van der Waals surface area contributed by atoms with E-state index in [4.69, 9.17) is 9.72 Å². The van der Waals surface area contributed by atoms with E-state index in [2.05, 4.69) is 19.9 Å². The van der Waals surface area contributed by atoms with Crippen LogP contribution in [0.3, 0.4) is 0 Å². The van der Waals surface area contributed by atoms with Gasteiger partial charge in [0, 0.05) is 16.5 Å². The van der Waals surface area contributed by atoms with E-state index in [9.17, 15) is 14.7 Å². The van der Waals surface area contributed by atoms with Gasteiger partial charge in [-0.2, -0.15) is 0 Å². The number of carbonyl (C=O) groups excluding carboxylic acids is 1. The van der Waals surface area contributed by atoms with Gasteiger partial charge in [-0.05, 0) is 37.0 Å². The van der Waals surface area contributed by atoms with Gasteiger partial charge in [-0.15, -0.1) is 0 Å². The van der Waals surface area contributed by atoms with Gasteiger partial charge in [0.1, 0.15) is 6.61 Å². The van der Waals surface area contributed by atoms with Gasteiger partial charge in [-0.1, -0.05) is 39.0 Å². The Labute approximate surface area is 174 Å². The van der Waals surface area contributed by atoms with Crippen molar-refractivity contribution in [2.75, 3.05) is 0 Å². The maximum absolute atomic E-state index is 13.6. The number of fused-ring (bicyclic) bond motifs is 5. The minimum Gasteiger partial charge on any atom is -0.458 e. The quantitative estimate of drug-likeness (QED) is 0.675. The number of esters is 1. The molecule has 0 bridgehead atoms. The second-order valence-electron chi connectivity index (χ2n) is 8.03. The molecule has 1 aromatic carbocycles. The molecule has 4 heterocycles. The summed E-state index contributed by atoms with van der Waals surface area (Å²) in [6.07, 6.45) is 1.70. The van der Waals surface area contributed by atoms with Crippen LogP contribution in [0.4, 0.5) is 0 Å². The van der Waals surface area contributed by atoms with E-state index in [1.54, 1.807) is 17.6 Å². The Morgan fingerprint density at radius 2 is 2.00 bits per heavy atom. The monoisotopic (exact) mass is 404 g/mol. The minimum atomic E-state index is -1.81. The highest BCUT2D eigenvalue weighted by Gasteiger charge is 2.46. The van der Waals surface area contributed by atoms with E-state index in [1.807, 2.05) is 18.2 Å². The Morgan fingerprint density at radius 1 is 1.23 bits per heavy atom. The van der Waals surface area contributed by atoms with Crippen LogP contribution in [0, 0.1) is 0 Å². The van der Waals surface area contributed by atoms with Crippen molar-refractivity contribution in [2.24, 2.45) is 0 Å². The summed E-state index contributed by atoms with van der Waals surface area (Å²) in [6, 6.07) is 9.68. The summed E-state index contributed by atoms with van der Waals surface area (Å²) in [7, 11) is 0. The fraction of sp³-hybridized carbons (Fsp3) is 0.375.